The van der Waals surface area contributed by atoms with Crippen LogP contribution in [0.1, 0.15) is 18.1 Å². The Morgan fingerprint density at radius 2 is 1.61 bits per heavy atom. The second-order valence-electron chi connectivity index (χ2n) is 7.46. The highest BCUT2D eigenvalue weighted by molar-refractivity contribution is 7.92. The number of amides is 1. The first kappa shape index (κ1) is 24.1. The maximum atomic E-state index is 13.6. The van der Waals surface area contributed by atoms with Gasteiger partial charge in [0.1, 0.15) is 18.0 Å². The molecule has 0 bridgehead atoms. The molecule has 0 aliphatic heterocycles. The van der Waals surface area contributed by atoms with Gasteiger partial charge in [0.2, 0.25) is 5.91 Å². The molecule has 8 heteroatoms. The molecule has 0 saturated heterocycles. The predicted octanol–water partition coefficient (Wildman–Crippen LogP) is 4.41. The number of ether oxygens (including phenoxy) is 2. The maximum Gasteiger partial charge on any atom is 0.264 e. The van der Waals surface area contributed by atoms with E-state index in [2.05, 4.69) is 5.32 Å². The summed E-state index contributed by atoms with van der Waals surface area (Å²) in [6.07, 6.45) is 0.881. The van der Waals surface area contributed by atoms with Gasteiger partial charge in [0, 0.05) is 11.8 Å². The molecule has 0 spiro atoms. The van der Waals surface area contributed by atoms with Crippen LogP contribution in [0.25, 0.3) is 0 Å². The molecule has 174 valence electrons. The van der Waals surface area contributed by atoms with Crippen molar-refractivity contribution in [2.24, 2.45) is 0 Å². The Morgan fingerprint density at radius 1 is 0.939 bits per heavy atom. The van der Waals surface area contributed by atoms with Crippen LogP contribution in [0.3, 0.4) is 0 Å². The van der Waals surface area contributed by atoms with Gasteiger partial charge < -0.3 is 14.8 Å². The van der Waals surface area contributed by atoms with Gasteiger partial charge in [-0.3, -0.25) is 9.10 Å². The third-order valence-corrected chi connectivity index (χ3v) is 6.97. The molecule has 0 aliphatic carbocycles. The number of carbonyl (C=O) groups excluding carboxylic acids is 1. The van der Waals surface area contributed by atoms with Gasteiger partial charge in [-0.1, -0.05) is 36.8 Å². The van der Waals surface area contributed by atoms with E-state index in [-0.39, 0.29) is 10.6 Å². The quantitative estimate of drug-likeness (QED) is 0.503. The number of rotatable bonds is 9. The lowest BCUT2D eigenvalue weighted by Crippen LogP contribution is -2.38. The number of hydrogen-bond acceptors (Lipinski definition) is 5. The molecule has 0 aliphatic rings. The van der Waals surface area contributed by atoms with Gasteiger partial charge in [-0.15, -0.1) is 0 Å². The lowest BCUT2D eigenvalue weighted by Gasteiger charge is -2.26. The summed E-state index contributed by atoms with van der Waals surface area (Å²) in [5, 5.41) is 2.78. The summed E-state index contributed by atoms with van der Waals surface area (Å²) in [4.78, 5) is 13.0. The van der Waals surface area contributed by atoms with Crippen molar-refractivity contribution in [3.63, 3.8) is 0 Å². The summed E-state index contributed by atoms with van der Waals surface area (Å²) in [6, 6.07) is 18.7. The summed E-state index contributed by atoms with van der Waals surface area (Å²) in [7, 11) is -1.16. The molecule has 3 aromatic carbocycles. The molecular formula is C25H28N2O5S. The van der Waals surface area contributed by atoms with Gasteiger partial charge in [0.15, 0.2) is 0 Å². The first-order valence-corrected chi connectivity index (χ1v) is 11.9. The molecule has 0 radical (unpaired) electrons. The molecule has 33 heavy (non-hydrogen) atoms. The zero-order valence-corrected chi connectivity index (χ0v) is 20.0. The first-order chi connectivity index (χ1) is 15.8. The molecule has 1 amide bonds. The van der Waals surface area contributed by atoms with E-state index >= 15 is 0 Å². The molecule has 7 nitrogen and oxygen atoms in total. The van der Waals surface area contributed by atoms with Crippen molar-refractivity contribution in [1.29, 1.82) is 0 Å². The number of nitrogens with one attached hydrogen (secondary N) is 1. The molecule has 1 N–H and O–H groups in total. The van der Waals surface area contributed by atoms with Crippen molar-refractivity contribution in [1.82, 2.24) is 0 Å². The minimum Gasteiger partial charge on any atom is -0.497 e. The Bertz CT molecular complexity index is 1210. The van der Waals surface area contributed by atoms with E-state index in [9.17, 15) is 13.2 Å². The topological polar surface area (TPSA) is 84.9 Å². The van der Waals surface area contributed by atoms with E-state index in [4.69, 9.17) is 9.47 Å². The average molecular weight is 469 g/mol. The Labute approximate surface area is 195 Å². The maximum absolute atomic E-state index is 13.6. The Hall–Kier alpha value is -3.52. The van der Waals surface area contributed by atoms with Gasteiger partial charge >= 0.3 is 0 Å². The number of anilines is 2. The monoisotopic (exact) mass is 468 g/mol. The SMILES string of the molecule is CCc1ccc(NC(=O)CN(c2cc(OC)ccc2OC)S(=O)(=O)c2ccc(C)cc2)cc1. The van der Waals surface area contributed by atoms with Crippen molar-refractivity contribution in [3.05, 3.63) is 77.9 Å². The van der Waals surface area contributed by atoms with Crippen molar-refractivity contribution in [3.8, 4) is 11.5 Å². The van der Waals surface area contributed by atoms with Crippen molar-refractivity contribution < 1.29 is 22.7 Å². The van der Waals surface area contributed by atoms with Crippen molar-refractivity contribution in [2.75, 3.05) is 30.4 Å². The van der Waals surface area contributed by atoms with Crippen LogP contribution in [0, 0.1) is 6.92 Å². The zero-order chi connectivity index (χ0) is 24.0. The third-order valence-electron chi connectivity index (χ3n) is 5.20. The fraction of sp³-hybridized carbons (Fsp3) is 0.240. The van der Waals surface area contributed by atoms with Crippen molar-refractivity contribution in [2.45, 2.75) is 25.2 Å². The molecule has 0 atom stereocenters. The predicted molar refractivity (Wildman–Crippen MR) is 130 cm³/mol. The number of benzene rings is 3. The van der Waals surface area contributed by atoms with Gasteiger partial charge in [0.25, 0.3) is 10.0 Å². The molecule has 0 saturated carbocycles. The van der Waals surface area contributed by atoms with Crippen LogP contribution in [0.2, 0.25) is 0 Å². The fourth-order valence-electron chi connectivity index (χ4n) is 3.28. The van der Waals surface area contributed by atoms with E-state index in [0.29, 0.717) is 17.2 Å². The van der Waals surface area contributed by atoms with Crippen molar-refractivity contribution >= 4 is 27.3 Å². The van der Waals surface area contributed by atoms with Crippen LogP contribution >= 0.6 is 0 Å². The van der Waals surface area contributed by atoms with E-state index < -0.39 is 22.5 Å². The Balaban J connectivity index is 2.01. The Kier molecular flexibility index (Phi) is 7.60. The highest BCUT2D eigenvalue weighted by Gasteiger charge is 2.30. The molecule has 0 heterocycles. The highest BCUT2D eigenvalue weighted by atomic mass is 32.2. The van der Waals surface area contributed by atoms with Crippen LogP contribution in [0.4, 0.5) is 11.4 Å². The number of nitrogens with zero attached hydrogens (tertiary/aromatic N) is 1. The fourth-order valence-corrected chi connectivity index (χ4v) is 4.71. The summed E-state index contributed by atoms with van der Waals surface area (Å²) in [5.41, 5.74) is 2.85. The summed E-state index contributed by atoms with van der Waals surface area (Å²) in [6.45, 7) is 3.47. The Morgan fingerprint density at radius 3 is 2.18 bits per heavy atom. The average Bonchev–Trinajstić information content (AvgIpc) is 2.82. The second-order valence-corrected chi connectivity index (χ2v) is 9.32. The zero-order valence-electron chi connectivity index (χ0n) is 19.2. The molecule has 0 fully saturated rings. The van der Waals surface area contributed by atoms with E-state index in [0.717, 1.165) is 21.9 Å². The van der Waals surface area contributed by atoms with Crippen LogP contribution < -0.4 is 19.1 Å². The molecular weight excluding hydrogens is 440 g/mol. The van der Waals surface area contributed by atoms with Crippen LogP contribution in [0.15, 0.2) is 71.6 Å². The van der Waals surface area contributed by atoms with Crippen LogP contribution in [-0.4, -0.2) is 35.1 Å². The largest absolute Gasteiger partial charge is 0.497 e. The second kappa shape index (κ2) is 10.4. The minimum absolute atomic E-state index is 0.0677. The summed E-state index contributed by atoms with van der Waals surface area (Å²) >= 11 is 0. The van der Waals surface area contributed by atoms with Gasteiger partial charge in [-0.25, -0.2) is 8.42 Å². The number of sulfonamides is 1. The normalized spacial score (nSPS) is 11.0. The van der Waals surface area contributed by atoms with Gasteiger partial charge in [0.05, 0.1) is 24.8 Å². The van der Waals surface area contributed by atoms with E-state index in [1.54, 1.807) is 36.4 Å². The summed E-state index contributed by atoms with van der Waals surface area (Å²) in [5.74, 6) is 0.247. The molecule has 0 unspecified atom stereocenters. The van der Waals surface area contributed by atoms with Gasteiger partial charge in [-0.05, 0) is 55.3 Å². The molecule has 3 aromatic rings. The van der Waals surface area contributed by atoms with E-state index in [1.807, 2.05) is 26.0 Å². The highest BCUT2D eigenvalue weighted by Crippen LogP contribution is 2.35. The minimum atomic E-state index is -4.09. The smallest absolute Gasteiger partial charge is 0.264 e. The number of methoxy groups -OCH3 is 2. The molecule has 0 aromatic heterocycles. The number of aryl methyl sites for hydroxylation is 2. The third kappa shape index (κ3) is 5.64. The lowest BCUT2D eigenvalue weighted by molar-refractivity contribution is -0.114. The lowest BCUT2D eigenvalue weighted by atomic mass is 10.1. The number of hydrogen-bond donors (Lipinski definition) is 1. The molecule has 3 rings (SSSR count). The van der Waals surface area contributed by atoms with Crippen LogP contribution in [0.5, 0.6) is 11.5 Å². The first-order valence-electron chi connectivity index (χ1n) is 10.5. The standard InChI is InChI=1S/C25H28N2O5S/c1-5-19-8-10-20(11-9-19)26-25(28)17-27(23-16-21(31-3)12-15-24(23)32-4)33(29,30)22-13-6-18(2)7-14-22/h6-16H,5,17H2,1-4H3,(H,26,28). The van der Waals surface area contributed by atoms with Gasteiger partial charge in [-0.2, -0.15) is 0 Å². The van der Waals surface area contributed by atoms with Crippen LogP contribution in [-0.2, 0) is 21.2 Å². The summed E-state index contributed by atoms with van der Waals surface area (Å²) < 4.78 is 39.0. The number of carbonyl (C=O) groups is 1. The van der Waals surface area contributed by atoms with E-state index in [1.165, 1.54) is 32.4 Å².